The van der Waals surface area contributed by atoms with Crippen LogP contribution in [0, 0.1) is 0 Å². The minimum absolute atomic E-state index is 0.576. The molecule has 8 aromatic rings. The molecule has 0 atom stereocenters. The summed E-state index contributed by atoms with van der Waals surface area (Å²) in [5.41, 5.74) is 15.7. The van der Waals surface area contributed by atoms with Gasteiger partial charge in [-0.15, -0.1) is 16.4 Å². The number of rotatable bonds is 5. The van der Waals surface area contributed by atoms with Gasteiger partial charge in [-0.1, -0.05) is 108 Å². The highest BCUT2D eigenvalue weighted by Crippen LogP contribution is 2.37. The third kappa shape index (κ3) is 5.07. The molecule has 0 saturated carbocycles. The van der Waals surface area contributed by atoms with Crippen molar-refractivity contribution in [1.29, 1.82) is 0 Å². The van der Waals surface area contributed by atoms with Gasteiger partial charge in [-0.05, 0) is 46.5 Å². The second-order valence-electron chi connectivity index (χ2n) is 12.6. The van der Waals surface area contributed by atoms with Crippen molar-refractivity contribution in [2.75, 3.05) is 0 Å². The zero-order valence-electron chi connectivity index (χ0n) is 27.8. The van der Waals surface area contributed by atoms with E-state index in [2.05, 4.69) is 118 Å². The van der Waals surface area contributed by atoms with E-state index in [-0.39, 0.29) is 0 Å². The van der Waals surface area contributed by atoms with Crippen LogP contribution in [0.1, 0.15) is 0 Å². The van der Waals surface area contributed by atoms with Crippen LogP contribution in [0.4, 0.5) is 0 Å². The van der Waals surface area contributed by atoms with Crippen LogP contribution < -0.4 is 27.3 Å². The predicted octanol–water partition coefficient (Wildman–Crippen LogP) is 1.40. The SMILES string of the molecule is Bc1c(B)c(B)c(-c2cccc(-c3nc(-c4ccccc4)nc(-c4cccc5c4oc4ccc(-c6ccccc6)cc45)n3)c2)c(B)c1B. The van der Waals surface area contributed by atoms with Gasteiger partial charge in [0.2, 0.25) is 0 Å². The highest BCUT2D eigenvalue weighted by molar-refractivity contribution is 6.68. The fraction of sp³-hybridized carbons (Fsp3) is 0. The number of hydrogen-bond acceptors (Lipinski definition) is 4. The Hall–Kier alpha value is -5.55. The molecule has 0 saturated heterocycles. The molecule has 222 valence electrons. The molecule has 0 unspecified atom stereocenters. The average molecular weight is 611 g/mol. The van der Waals surface area contributed by atoms with Gasteiger partial charge in [0.15, 0.2) is 17.5 Å². The van der Waals surface area contributed by atoms with Crippen LogP contribution in [0.15, 0.2) is 126 Å². The molecular formula is C39H30B5N3O. The number of benzene rings is 6. The maximum absolute atomic E-state index is 6.55. The molecule has 0 aliphatic heterocycles. The van der Waals surface area contributed by atoms with Crippen molar-refractivity contribution in [2.24, 2.45) is 0 Å². The molecule has 6 aromatic carbocycles. The lowest BCUT2D eigenvalue weighted by Gasteiger charge is -2.20. The Bertz CT molecular complexity index is 2490. The Morgan fingerprint density at radius 2 is 0.958 bits per heavy atom. The van der Waals surface area contributed by atoms with Crippen LogP contribution in [-0.2, 0) is 0 Å². The van der Waals surface area contributed by atoms with Crippen molar-refractivity contribution in [3.8, 4) is 56.4 Å². The summed E-state index contributed by atoms with van der Waals surface area (Å²) < 4.78 is 6.55. The average Bonchev–Trinajstić information content (AvgIpc) is 3.52. The monoisotopic (exact) mass is 611 g/mol. The number of hydrogen-bond donors (Lipinski definition) is 0. The van der Waals surface area contributed by atoms with Gasteiger partial charge in [0, 0.05) is 21.9 Å². The molecule has 0 bridgehead atoms. The number of para-hydroxylation sites is 1. The second-order valence-corrected chi connectivity index (χ2v) is 12.6. The number of furan rings is 1. The second kappa shape index (κ2) is 11.9. The van der Waals surface area contributed by atoms with Crippen LogP contribution in [0.5, 0.6) is 0 Å². The Morgan fingerprint density at radius 1 is 0.396 bits per heavy atom. The highest BCUT2D eigenvalue weighted by Gasteiger charge is 2.19. The Labute approximate surface area is 284 Å². The third-order valence-corrected chi connectivity index (χ3v) is 9.92. The first-order chi connectivity index (χ1) is 23.4. The van der Waals surface area contributed by atoms with Gasteiger partial charge in [-0.25, -0.2) is 15.0 Å². The fourth-order valence-corrected chi connectivity index (χ4v) is 6.87. The molecule has 9 heteroatoms. The van der Waals surface area contributed by atoms with E-state index in [1.165, 1.54) is 38.4 Å². The maximum Gasteiger partial charge on any atom is 0.167 e. The third-order valence-electron chi connectivity index (χ3n) is 9.92. The van der Waals surface area contributed by atoms with Gasteiger partial charge in [0.05, 0.1) is 5.56 Å². The van der Waals surface area contributed by atoms with Gasteiger partial charge in [0.25, 0.3) is 0 Å². The van der Waals surface area contributed by atoms with E-state index in [1.807, 2.05) is 42.5 Å². The zero-order chi connectivity index (χ0) is 32.9. The molecule has 48 heavy (non-hydrogen) atoms. The molecule has 0 aliphatic rings. The smallest absolute Gasteiger partial charge is 0.167 e. The van der Waals surface area contributed by atoms with E-state index in [0.717, 1.165) is 49.8 Å². The summed E-state index contributed by atoms with van der Waals surface area (Å²) in [5.74, 6) is 1.82. The quantitative estimate of drug-likeness (QED) is 0.277. The molecular weight excluding hydrogens is 581 g/mol. The first-order valence-corrected chi connectivity index (χ1v) is 16.4. The normalized spacial score (nSPS) is 11.3. The molecule has 0 amide bonds. The van der Waals surface area contributed by atoms with E-state index in [0.29, 0.717) is 17.5 Å². The minimum Gasteiger partial charge on any atom is -0.455 e. The lowest BCUT2D eigenvalue weighted by atomic mass is 9.59. The van der Waals surface area contributed by atoms with Gasteiger partial charge in [-0.2, -0.15) is 0 Å². The molecule has 2 aromatic heterocycles. The van der Waals surface area contributed by atoms with Crippen LogP contribution >= 0.6 is 0 Å². The predicted molar refractivity (Wildman–Crippen MR) is 215 cm³/mol. The van der Waals surface area contributed by atoms with Gasteiger partial charge in [-0.3, -0.25) is 0 Å². The van der Waals surface area contributed by atoms with E-state index < -0.39 is 0 Å². The lowest BCUT2D eigenvalue weighted by Crippen LogP contribution is -2.55. The van der Waals surface area contributed by atoms with Crippen molar-refractivity contribution in [3.05, 3.63) is 121 Å². The number of aromatic nitrogens is 3. The largest absolute Gasteiger partial charge is 0.455 e. The Kier molecular flexibility index (Phi) is 7.41. The fourth-order valence-electron chi connectivity index (χ4n) is 6.87. The molecule has 0 radical (unpaired) electrons. The molecule has 0 fully saturated rings. The zero-order valence-corrected chi connectivity index (χ0v) is 27.8. The maximum atomic E-state index is 6.55. The standard InChI is InChI=1S/C39H30B5N3O/c40-31-30(32(41)34(43)35(44)33(31)42)24-13-7-14-25(19-24)38-45-37(22-11-5-2-6-12-22)46-39(47-38)27-16-8-15-26-28-20-23(21-9-3-1-4-10-21)17-18-29(28)48-36(26)27/h1-20H,40-44H2. The first-order valence-electron chi connectivity index (χ1n) is 16.4. The van der Waals surface area contributed by atoms with Crippen molar-refractivity contribution in [1.82, 2.24) is 15.0 Å². The first kappa shape index (κ1) is 29.8. The van der Waals surface area contributed by atoms with Crippen molar-refractivity contribution < 1.29 is 4.42 Å². The number of fused-ring (bicyclic) bond motifs is 3. The summed E-state index contributed by atoms with van der Waals surface area (Å²) in [6.07, 6.45) is 0. The summed E-state index contributed by atoms with van der Waals surface area (Å²) in [7, 11) is 11.1. The van der Waals surface area contributed by atoms with Crippen LogP contribution in [0.2, 0.25) is 0 Å². The summed E-state index contributed by atoms with van der Waals surface area (Å²) in [4.78, 5) is 15.2. The van der Waals surface area contributed by atoms with E-state index in [9.17, 15) is 0 Å². The minimum atomic E-state index is 0.576. The van der Waals surface area contributed by atoms with E-state index >= 15 is 0 Å². The summed E-state index contributed by atoms with van der Waals surface area (Å²) >= 11 is 0. The molecule has 4 nitrogen and oxygen atoms in total. The number of nitrogens with zero attached hydrogens (tertiary/aromatic N) is 3. The summed E-state index contributed by atoms with van der Waals surface area (Å²) in [5, 5.41) is 2.09. The van der Waals surface area contributed by atoms with Gasteiger partial charge >= 0.3 is 0 Å². The Balaban J connectivity index is 1.32. The van der Waals surface area contributed by atoms with Crippen molar-refractivity contribution in [3.63, 3.8) is 0 Å². The van der Waals surface area contributed by atoms with Gasteiger partial charge in [0.1, 0.15) is 50.4 Å². The Morgan fingerprint density at radius 3 is 1.67 bits per heavy atom. The molecule has 2 heterocycles. The molecule has 0 aliphatic carbocycles. The molecule has 0 N–H and O–H groups in total. The van der Waals surface area contributed by atoms with Crippen LogP contribution in [0.25, 0.3) is 78.4 Å². The van der Waals surface area contributed by atoms with Crippen molar-refractivity contribution >= 4 is 88.5 Å². The summed E-state index contributed by atoms with van der Waals surface area (Å²) in [6.45, 7) is 0. The highest BCUT2D eigenvalue weighted by atomic mass is 16.3. The van der Waals surface area contributed by atoms with E-state index in [4.69, 9.17) is 19.4 Å². The topological polar surface area (TPSA) is 51.8 Å². The molecule has 0 spiro atoms. The van der Waals surface area contributed by atoms with Crippen LogP contribution in [0.3, 0.4) is 0 Å². The van der Waals surface area contributed by atoms with E-state index in [1.54, 1.807) is 0 Å². The lowest BCUT2D eigenvalue weighted by molar-refractivity contribution is 0.669. The van der Waals surface area contributed by atoms with Gasteiger partial charge < -0.3 is 4.42 Å². The van der Waals surface area contributed by atoms with Crippen molar-refractivity contribution in [2.45, 2.75) is 0 Å². The summed E-state index contributed by atoms with van der Waals surface area (Å²) in [6, 6.07) is 41.7. The van der Waals surface area contributed by atoms with Crippen LogP contribution in [-0.4, -0.2) is 54.2 Å². The molecule has 8 rings (SSSR count).